The van der Waals surface area contributed by atoms with Gasteiger partial charge in [-0.05, 0) is 47.7 Å². The van der Waals surface area contributed by atoms with Crippen molar-refractivity contribution in [1.29, 1.82) is 0 Å². The number of hydrogen-bond acceptors (Lipinski definition) is 3. The molecule has 0 aliphatic heterocycles. The van der Waals surface area contributed by atoms with E-state index in [-0.39, 0.29) is 17.5 Å². The number of nitrogens with zero attached hydrogens (tertiary/aromatic N) is 1. The van der Waals surface area contributed by atoms with E-state index in [9.17, 15) is 9.90 Å². The van der Waals surface area contributed by atoms with Crippen LogP contribution in [0.4, 0.5) is 0 Å². The monoisotopic (exact) mass is 347 g/mol. The van der Waals surface area contributed by atoms with Crippen LogP contribution < -0.4 is 4.74 Å². The molecule has 4 nitrogen and oxygen atoms in total. The van der Waals surface area contributed by atoms with Crippen molar-refractivity contribution in [2.24, 2.45) is 0 Å². The van der Waals surface area contributed by atoms with Crippen LogP contribution >= 0.6 is 0 Å². The van der Waals surface area contributed by atoms with Crippen molar-refractivity contribution in [1.82, 2.24) is 4.57 Å². The zero-order valence-corrected chi connectivity index (χ0v) is 14.9. The van der Waals surface area contributed by atoms with Gasteiger partial charge in [-0.2, -0.15) is 0 Å². The lowest BCUT2D eigenvalue weighted by Crippen LogP contribution is -2.01. The highest BCUT2D eigenvalue weighted by molar-refractivity contribution is 5.99. The first-order valence-corrected chi connectivity index (χ1v) is 8.71. The Morgan fingerprint density at radius 1 is 1.15 bits per heavy atom. The summed E-state index contributed by atoms with van der Waals surface area (Å²) in [5.74, 6) is 0.858. The Morgan fingerprint density at radius 3 is 2.58 bits per heavy atom. The summed E-state index contributed by atoms with van der Waals surface area (Å²) in [7, 11) is 1.66. The van der Waals surface area contributed by atoms with Crippen LogP contribution in [-0.4, -0.2) is 22.6 Å². The number of benzene rings is 2. The summed E-state index contributed by atoms with van der Waals surface area (Å²) in [6, 6.07) is 16.3. The van der Waals surface area contributed by atoms with Crippen LogP contribution in [0.2, 0.25) is 0 Å². The predicted molar refractivity (Wildman–Crippen MR) is 102 cm³/mol. The molecule has 4 heteroatoms. The minimum absolute atomic E-state index is 0.0289. The number of rotatable bonds is 4. The molecule has 0 saturated carbocycles. The molecule has 0 radical (unpaired) electrons. The summed E-state index contributed by atoms with van der Waals surface area (Å²) in [4.78, 5) is 11.9. The number of ketones is 1. The number of ether oxygens (including phenoxy) is 1. The second-order valence-corrected chi connectivity index (χ2v) is 6.80. The van der Waals surface area contributed by atoms with Gasteiger partial charge in [0.15, 0.2) is 5.78 Å². The molecule has 1 aliphatic carbocycles. The summed E-state index contributed by atoms with van der Waals surface area (Å²) >= 11 is 0. The molecule has 0 saturated heterocycles. The van der Waals surface area contributed by atoms with Crippen LogP contribution in [-0.2, 0) is 11.3 Å². The number of Topliss-reactive ketones (excluding diaryl/α,β-unsaturated/α-hetero) is 1. The lowest BCUT2D eigenvalue weighted by atomic mass is 9.96. The first-order valence-electron chi connectivity index (χ1n) is 8.71. The van der Waals surface area contributed by atoms with Gasteiger partial charge >= 0.3 is 0 Å². The number of allylic oxidation sites excluding steroid dienone is 2. The number of methoxy groups -OCH3 is 1. The molecular formula is C22H21NO3. The quantitative estimate of drug-likeness (QED) is 0.751. The van der Waals surface area contributed by atoms with Crippen molar-refractivity contribution >= 4 is 16.7 Å². The normalized spacial score (nSPS) is 17.3. The third-order valence-corrected chi connectivity index (χ3v) is 5.23. The highest BCUT2D eigenvalue weighted by Gasteiger charge is 2.31. The molecule has 132 valence electrons. The standard InChI is InChI=1S/C22H21NO3/c1-14-21(24)12-19(22(14)25)17-6-5-16-9-10-23(20(16)11-17)13-15-3-7-18(26-2)8-4-15/h3-11,19,25H,12-13H2,1-2H3. The fourth-order valence-corrected chi connectivity index (χ4v) is 3.60. The number of carbonyl (C=O) groups excluding carboxylic acids is 1. The van der Waals surface area contributed by atoms with Crippen LogP contribution in [0.3, 0.4) is 0 Å². The van der Waals surface area contributed by atoms with E-state index in [2.05, 4.69) is 41.1 Å². The number of aliphatic hydroxyl groups excluding tert-OH is 1. The Bertz CT molecular complexity index is 1010. The van der Waals surface area contributed by atoms with Gasteiger partial charge in [0.1, 0.15) is 11.5 Å². The largest absolute Gasteiger partial charge is 0.511 e. The van der Waals surface area contributed by atoms with E-state index in [1.165, 1.54) is 5.56 Å². The Hall–Kier alpha value is -3.01. The first kappa shape index (κ1) is 16.5. The van der Waals surface area contributed by atoms with E-state index in [0.29, 0.717) is 12.0 Å². The minimum Gasteiger partial charge on any atom is -0.511 e. The molecule has 1 atom stereocenters. The second-order valence-electron chi connectivity index (χ2n) is 6.80. The van der Waals surface area contributed by atoms with Crippen molar-refractivity contribution in [3.05, 3.63) is 77.2 Å². The van der Waals surface area contributed by atoms with Gasteiger partial charge in [0, 0.05) is 36.2 Å². The molecule has 26 heavy (non-hydrogen) atoms. The summed E-state index contributed by atoms with van der Waals surface area (Å²) in [6.45, 7) is 2.45. The zero-order valence-electron chi connectivity index (χ0n) is 14.9. The van der Waals surface area contributed by atoms with Crippen molar-refractivity contribution in [3.63, 3.8) is 0 Å². The lowest BCUT2D eigenvalue weighted by Gasteiger charge is -2.12. The van der Waals surface area contributed by atoms with E-state index >= 15 is 0 Å². The van der Waals surface area contributed by atoms with Gasteiger partial charge < -0.3 is 14.4 Å². The lowest BCUT2D eigenvalue weighted by molar-refractivity contribution is -0.115. The number of fused-ring (bicyclic) bond motifs is 1. The molecule has 0 bridgehead atoms. The molecule has 1 aliphatic rings. The smallest absolute Gasteiger partial charge is 0.163 e. The molecule has 0 fully saturated rings. The van der Waals surface area contributed by atoms with E-state index in [1.54, 1.807) is 14.0 Å². The second kappa shape index (κ2) is 6.37. The third kappa shape index (κ3) is 2.77. The minimum atomic E-state index is -0.226. The predicted octanol–water partition coefficient (Wildman–Crippen LogP) is 4.59. The van der Waals surface area contributed by atoms with Crippen molar-refractivity contribution in [2.45, 2.75) is 25.8 Å². The molecule has 1 aromatic heterocycles. The van der Waals surface area contributed by atoms with Gasteiger partial charge in [0.05, 0.1) is 7.11 Å². The maximum Gasteiger partial charge on any atom is 0.163 e. The third-order valence-electron chi connectivity index (χ3n) is 5.23. The van der Waals surface area contributed by atoms with Gasteiger partial charge in [-0.1, -0.05) is 24.3 Å². The molecule has 3 aromatic rings. The van der Waals surface area contributed by atoms with Crippen LogP contribution in [0.25, 0.3) is 10.9 Å². The van der Waals surface area contributed by atoms with Crippen molar-refractivity contribution in [3.8, 4) is 5.75 Å². The molecular weight excluding hydrogens is 326 g/mol. The van der Waals surface area contributed by atoms with Gasteiger partial charge in [-0.15, -0.1) is 0 Å². The van der Waals surface area contributed by atoms with E-state index in [1.807, 2.05) is 18.2 Å². The van der Waals surface area contributed by atoms with Crippen LogP contribution in [0, 0.1) is 0 Å². The Morgan fingerprint density at radius 2 is 1.92 bits per heavy atom. The Labute approximate surface area is 152 Å². The summed E-state index contributed by atoms with van der Waals surface area (Å²) in [6.07, 6.45) is 2.42. The summed E-state index contributed by atoms with van der Waals surface area (Å²) in [5, 5.41) is 11.4. The number of aromatic nitrogens is 1. The fraction of sp³-hybridized carbons (Fsp3) is 0.227. The number of carbonyl (C=O) groups is 1. The van der Waals surface area contributed by atoms with Crippen LogP contribution in [0.1, 0.15) is 30.4 Å². The topological polar surface area (TPSA) is 51.5 Å². The number of hydrogen-bond donors (Lipinski definition) is 1. The molecule has 1 unspecified atom stereocenters. The van der Waals surface area contributed by atoms with Gasteiger partial charge in [0.2, 0.25) is 0 Å². The van der Waals surface area contributed by atoms with Gasteiger partial charge in [-0.3, -0.25) is 4.79 Å². The maximum atomic E-state index is 11.9. The molecule has 4 rings (SSSR count). The average molecular weight is 347 g/mol. The SMILES string of the molecule is COc1ccc(Cn2ccc3ccc(C4CC(=O)C(C)=C4O)cc32)cc1. The highest BCUT2D eigenvalue weighted by atomic mass is 16.5. The summed E-state index contributed by atoms with van der Waals surface area (Å²) in [5.41, 5.74) is 3.75. The van der Waals surface area contributed by atoms with E-state index < -0.39 is 0 Å². The molecule has 2 aromatic carbocycles. The molecule has 1 heterocycles. The van der Waals surface area contributed by atoms with Crippen LogP contribution in [0.15, 0.2) is 66.1 Å². The Balaban J connectivity index is 1.67. The molecule has 0 amide bonds. The van der Waals surface area contributed by atoms with Crippen molar-refractivity contribution in [2.75, 3.05) is 7.11 Å². The van der Waals surface area contributed by atoms with Gasteiger partial charge in [-0.25, -0.2) is 0 Å². The summed E-state index contributed by atoms with van der Waals surface area (Å²) < 4.78 is 7.40. The molecule has 1 N–H and O–H groups in total. The van der Waals surface area contributed by atoms with E-state index in [4.69, 9.17) is 4.74 Å². The maximum absolute atomic E-state index is 11.9. The zero-order chi connectivity index (χ0) is 18.3. The fourth-order valence-electron chi connectivity index (χ4n) is 3.60. The Kier molecular flexibility index (Phi) is 4.03. The highest BCUT2D eigenvalue weighted by Crippen LogP contribution is 2.37. The number of aliphatic hydroxyl groups is 1. The van der Waals surface area contributed by atoms with E-state index in [0.717, 1.165) is 28.8 Å². The molecule has 0 spiro atoms. The van der Waals surface area contributed by atoms with Crippen LogP contribution in [0.5, 0.6) is 5.75 Å². The average Bonchev–Trinajstić information content (AvgIpc) is 3.18. The van der Waals surface area contributed by atoms with Gasteiger partial charge in [0.25, 0.3) is 0 Å². The van der Waals surface area contributed by atoms with Crippen molar-refractivity contribution < 1.29 is 14.6 Å². The first-order chi connectivity index (χ1) is 12.6.